The Kier molecular flexibility index (Phi) is 39.6. The molecule has 0 aliphatic rings. The summed E-state index contributed by atoms with van der Waals surface area (Å²) in [6.07, 6.45) is 53.2. The van der Waals surface area contributed by atoms with Crippen LogP contribution in [-0.2, 0) is 32.7 Å². The first-order valence-electron chi connectivity index (χ1n) is 23.3. The zero-order valence-electron chi connectivity index (χ0n) is 38.6. The highest BCUT2D eigenvalue weighted by atomic mass is 31.2. The van der Waals surface area contributed by atoms with Gasteiger partial charge in [-0.05, 0) is 89.9 Å². The molecule has 1 unspecified atom stereocenters. The van der Waals surface area contributed by atoms with Gasteiger partial charge in [-0.25, -0.2) is 0 Å². The van der Waals surface area contributed by atoms with Crippen LogP contribution in [0.5, 0.6) is 0 Å². The van der Waals surface area contributed by atoms with E-state index in [2.05, 4.69) is 98.9 Å². The van der Waals surface area contributed by atoms with E-state index < -0.39 is 32.5 Å². The molecule has 0 spiro atoms. The zero-order chi connectivity index (χ0) is 44.3. The standard InChI is InChI=1S/C50H86NO8P/c1-6-8-10-12-14-16-18-20-22-24-25-27-28-30-32-34-36-38-40-42-49(52)56-46-48(47-58-60(54,55)57-45-44-51(3,4)5)59-50(53)43-41-39-37-35-33-31-29-26-23-21-19-17-15-13-11-9-7-2/h8,10,14-17,20-23,25,27,30,32,48H,6-7,9,11-13,18-19,24,26,28-29,31,33-47H2,1-5H3/b10-8+,16-14+,17-15+,22-20+,23-21+,27-25+,32-30+/t48-/m1/s1. The third-order valence-electron chi connectivity index (χ3n) is 9.40. The summed E-state index contributed by atoms with van der Waals surface area (Å²) in [5.74, 6) is -0.888. The fourth-order valence-electron chi connectivity index (χ4n) is 5.77. The molecule has 0 saturated carbocycles. The summed E-state index contributed by atoms with van der Waals surface area (Å²) in [7, 11) is 1.13. The van der Waals surface area contributed by atoms with Crippen LogP contribution in [0.25, 0.3) is 0 Å². The monoisotopic (exact) mass is 860 g/mol. The lowest BCUT2D eigenvalue weighted by atomic mass is 10.1. The maximum absolute atomic E-state index is 12.7. The second kappa shape index (κ2) is 41.5. The van der Waals surface area contributed by atoms with Crippen molar-refractivity contribution in [3.05, 3.63) is 85.1 Å². The number of hydrogen-bond acceptors (Lipinski definition) is 8. The maximum Gasteiger partial charge on any atom is 0.306 e. The van der Waals surface area contributed by atoms with E-state index in [9.17, 15) is 19.0 Å². The number of nitrogens with zero attached hydrogens (tertiary/aromatic N) is 1. The molecule has 0 aromatic carbocycles. The van der Waals surface area contributed by atoms with E-state index in [0.29, 0.717) is 23.9 Å². The number of carbonyl (C=O) groups is 2. The molecule has 0 amide bonds. The van der Waals surface area contributed by atoms with E-state index in [1.165, 1.54) is 44.9 Å². The summed E-state index contributed by atoms with van der Waals surface area (Å²) in [6.45, 7) is 4.02. The van der Waals surface area contributed by atoms with E-state index in [1.807, 2.05) is 21.1 Å². The number of quaternary nitrogens is 1. The van der Waals surface area contributed by atoms with Crippen molar-refractivity contribution in [3.63, 3.8) is 0 Å². The second-order valence-corrected chi connectivity index (χ2v) is 17.8. The Bertz CT molecular complexity index is 1290. The first-order valence-corrected chi connectivity index (χ1v) is 24.8. The summed E-state index contributed by atoms with van der Waals surface area (Å²) in [5, 5.41) is 0. The number of ether oxygens (including phenoxy) is 2. The highest BCUT2D eigenvalue weighted by Gasteiger charge is 2.21. The van der Waals surface area contributed by atoms with E-state index in [-0.39, 0.29) is 26.1 Å². The number of rotatable bonds is 41. The van der Waals surface area contributed by atoms with Crippen LogP contribution in [0.15, 0.2) is 85.1 Å². The number of allylic oxidation sites excluding steroid dienone is 14. The second-order valence-electron chi connectivity index (χ2n) is 16.4. The molecule has 10 heteroatoms. The number of unbranched alkanes of at least 4 members (excludes halogenated alkanes) is 13. The number of phosphoric acid groups is 1. The fraction of sp³-hybridized carbons (Fsp3) is 0.680. The molecule has 0 aromatic heterocycles. The number of carbonyl (C=O) groups excluding carboxylic acids is 2. The Hall–Kier alpha value is -2.81. The lowest BCUT2D eigenvalue weighted by Gasteiger charge is -2.28. The van der Waals surface area contributed by atoms with Gasteiger partial charge in [0, 0.05) is 12.8 Å². The third-order valence-corrected chi connectivity index (χ3v) is 10.4. The lowest BCUT2D eigenvalue weighted by molar-refractivity contribution is -0.870. The van der Waals surface area contributed by atoms with Gasteiger partial charge < -0.3 is 27.9 Å². The summed E-state index contributed by atoms with van der Waals surface area (Å²) >= 11 is 0. The Morgan fingerprint density at radius 3 is 1.43 bits per heavy atom. The van der Waals surface area contributed by atoms with Crippen molar-refractivity contribution in [2.24, 2.45) is 0 Å². The summed E-state index contributed by atoms with van der Waals surface area (Å²) in [4.78, 5) is 37.6. The molecule has 60 heavy (non-hydrogen) atoms. The molecule has 0 N–H and O–H groups in total. The van der Waals surface area contributed by atoms with Crippen molar-refractivity contribution in [1.82, 2.24) is 0 Å². The summed E-state index contributed by atoms with van der Waals surface area (Å²) in [6, 6.07) is 0. The molecule has 0 aromatic rings. The van der Waals surface area contributed by atoms with Gasteiger partial charge in [0.15, 0.2) is 6.10 Å². The van der Waals surface area contributed by atoms with Crippen LogP contribution in [0.4, 0.5) is 0 Å². The van der Waals surface area contributed by atoms with Crippen molar-refractivity contribution in [1.29, 1.82) is 0 Å². The highest BCUT2D eigenvalue weighted by Crippen LogP contribution is 2.38. The molecule has 0 saturated heterocycles. The molecule has 0 heterocycles. The number of phosphoric ester groups is 1. The third kappa shape index (κ3) is 44.7. The van der Waals surface area contributed by atoms with Gasteiger partial charge in [0.25, 0.3) is 7.82 Å². The minimum atomic E-state index is -4.64. The van der Waals surface area contributed by atoms with E-state index in [4.69, 9.17) is 18.5 Å². The van der Waals surface area contributed by atoms with Crippen LogP contribution >= 0.6 is 7.82 Å². The van der Waals surface area contributed by atoms with E-state index >= 15 is 0 Å². The molecule has 0 aliphatic carbocycles. The van der Waals surface area contributed by atoms with Gasteiger partial charge in [-0.2, -0.15) is 0 Å². The van der Waals surface area contributed by atoms with Gasteiger partial charge in [-0.1, -0.05) is 150 Å². The number of likely N-dealkylation sites (N-methyl/N-ethyl adjacent to an activating group) is 1. The number of esters is 2. The molecular weight excluding hydrogens is 774 g/mol. The van der Waals surface area contributed by atoms with Crippen LogP contribution in [0.3, 0.4) is 0 Å². The van der Waals surface area contributed by atoms with Crippen molar-refractivity contribution in [2.45, 2.75) is 174 Å². The predicted octanol–water partition coefficient (Wildman–Crippen LogP) is 12.9. The topological polar surface area (TPSA) is 111 Å². The van der Waals surface area contributed by atoms with Crippen LogP contribution in [0.1, 0.15) is 168 Å². The van der Waals surface area contributed by atoms with Crippen LogP contribution < -0.4 is 4.89 Å². The Balaban J connectivity index is 4.42. The molecule has 0 aliphatic heterocycles. The zero-order valence-corrected chi connectivity index (χ0v) is 39.5. The van der Waals surface area contributed by atoms with Crippen LogP contribution in [0.2, 0.25) is 0 Å². The summed E-state index contributed by atoms with van der Waals surface area (Å²) in [5.41, 5.74) is 0. The quantitative estimate of drug-likeness (QED) is 0.0196. The SMILES string of the molecule is CC/C=C/C/C=C/C/C=C/C/C=C/C/C=C/CCCCCC(=O)OC[C@H](COP(=O)([O-])OCC[N+](C)(C)C)OC(=O)CCCCCCCCC/C=C/C/C=C/CCCCC. The van der Waals surface area contributed by atoms with Gasteiger partial charge in [0.2, 0.25) is 0 Å². The highest BCUT2D eigenvalue weighted by molar-refractivity contribution is 7.45. The molecule has 344 valence electrons. The fourth-order valence-corrected chi connectivity index (χ4v) is 6.50. The molecular formula is C50H86NO8P. The maximum atomic E-state index is 12.7. The molecule has 0 radical (unpaired) electrons. The Morgan fingerprint density at radius 2 is 0.950 bits per heavy atom. The lowest BCUT2D eigenvalue weighted by Crippen LogP contribution is -2.37. The molecule has 0 rings (SSSR count). The van der Waals surface area contributed by atoms with E-state index in [1.54, 1.807) is 0 Å². The van der Waals surface area contributed by atoms with Gasteiger partial charge in [-0.15, -0.1) is 0 Å². The first kappa shape index (κ1) is 57.2. The van der Waals surface area contributed by atoms with Crippen LogP contribution in [0, 0.1) is 0 Å². The average molecular weight is 860 g/mol. The van der Waals surface area contributed by atoms with Crippen molar-refractivity contribution in [2.75, 3.05) is 47.5 Å². The smallest absolute Gasteiger partial charge is 0.306 e. The van der Waals surface area contributed by atoms with Gasteiger partial charge in [-0.3, -0.25) is 14.2 Å². The van der Waals surface area contributed by atoms with Gasteiger partial charge in [0.05, 0.1) is 27.7 Å². The largest absolute Gasteiger partial charge is 0.756 e. The number of hydrogen-bond donors (Lipinski definition) is 0. The van der Waals surface area contributed by atoms with Gasteiger partial charge >= 0.3 is 11.9 Å². The normalized spacial score (nSPS) is 14.3. The van der Waals surface area contributed by atoms with Gasteiger partial charge in [0.1, 0.15) is 19.8 Å². The minimum Gasteiger partial charge on any atom is -0.756 e. The molecule has 0 bridgehead atoms. The Labute approximate surface area is 367 Å². The Morgan fingerprint density at radius 1 is 0.533 bits per heavy atom. The molecule has 9 nitrogen and oxygen atoms in total. The van der Waals surface area contributed by atoms with Crippen molar-refractivity contribution < 1.29 is 42.1 Å². The van der Waals surface area contributed by atoms with E-state index in [0.717, 1.165) is 83.5 Å². The average Bonchev–Trinajstić information content (AvgIpc) is 3.20. The van der Waals surface area contributed by atoms with Crippen molar-refractivity contribution in [3.8, 4) is 0 Å². The molecule has 0 fully saturated rings. The van der Waals surface area contributed by atoms with Crippen LogP contribution in [-0.4, -0.2) is 70.0 Å². The molecule has 2 atom stereocenters. The first-order chi connectivity index (χ1) is 29.0. The minimum absolute atomic E-state index is 0.0427. The predicted molar refractivity (Wildman–Crippen MR) is 249 cm³/mol. The van der Waals surface area contributed by atoms with Crippen molar-refractivity contribution >= 4 is 19.8 Å². The summed E-state index contributed by atoms with van der Waals surface area (Å²) < 4.78 is 33.9.